The van der Waals surface area contributed by atoms with Crippen molar-refractivity contribution in [1.29, 1.82) is 0 Å². The second-order valence-corrected chi connectivity index (χ2v) is 9.33. The van der Waals surface area contributed by atoms with E-state index in [0.717, 1.165) is 24.8 Å². The summed E-state index contributed by atoms with van der Waals surface area (Å²) in [6.07, 6.45) is 3.81. The summed E-state index contributed by atoms with van der Waals surface area (Å²) in [4.78, 5) is 0. The topological polar surface area (TPSA) is 58.2 Å². The fourth-order valence-corrected chi connectivity index (χ4v) is 5.12. The Morgan fingerprint density at radius 2 is 1.82 bits per heavy atom. The van der Waals surface area contributed by atoms with E-state index in [1.54, 1.807) is 0 Å². The minimum atomic E-state index is -3.19. The lowest BCUT2D eigenvalue weighted by Gasteiger charge is -2.34. The molecule has 2 atom stereocenters. The number of rotatable bonds is 8. The van der Waals surface area contributed by atoms with Gasteiger partial charge in [-0.15, -0.1) is 12.4 Å². The van der Waals surface area contributed by atoms with Crippen molar-refractivity contribution in [2.75, 3.05) is 12.8 Å². The van der Waals surface area contributed by atoms with Crippen molar-refractivity contribution in [3.05, 3.63) is 70.8 Å². The summed E-state index contributed by atoms with van der Waals surface area (Å²) < 4.78 is 26.7. The van der Waals surface area contributed by atoms with Crippen molar-refractivity contribution in [2.24, 2.45) is 0 Å². The molecule has 0 aliphatic heterocycles. The lowest BCUT2D eigenvalue weighted by Crippen LogP contribution is -2.37. The van der Waals surface area contributed by atoms with Crippen molar-refractivity contribution in [3.8, 4) is 0 Å². The van der Waals surface area contributed by atoms with Gasteiger partial charge in [0.05, 0.1) is 5.75 Å². The molecule has 2 aromatic rings. The Kier molecular flexibility index (Phi) is 8.50. The Morgan fingerprint density at radius 1 is 1.07 bits per heavy atom. The second kappa shape index (κ2) is 10.4. The first-order valence-electron chi connectivity index (χ1n) is 9.82. The van der Waals surface area contributed by atoms with Crippen LogP contribution in [-0.2, 0) is 29.4 Å². The molecule has 3 rings (SSSR count). The smallest absolute Gasteiger partial charge is 0.211 e. The van der Waals surface area contributed by atoms with E-state index in [2.05, 4.69) is 52.5 Å². The number of likely N-dealkylation sites (N-methyl/N-ethyl adjacent to an activating group) is 1. The normalized spacial score (nSPS) is 18.9. The van der Waals surface area contributed by atoms with Crippen LogP contribution in [0.3, 0.4) is 0 Å². The van der Waals surface area contributed by atoms with Gasteiger partial charge in [0.2, 0.25) is 10.0 Å². The second-order valence-electron chi connectivity index (χ2n) is 7.40. The molecule has 0 bridgehead atoms. The van der Waals surface area contributed by atoms with Gasteiger partial charge in [-0.05, 0) is 55.0 Å². The summed E-state index contributed by atoms with van der Waals surface area (Å²) in [5.41, 5.74) is 5.12. The Balaban J connectivity index is 0.00000280. The van der Waals surface area contributed by atoms with Crippen LogP contribution < -0.4 is 10.0 Å². The molecule has 0 amide bonds. The van der Waals surface area contributed by atoms with E-state index in [1.165, 1.54) is 16.7 Å². The van der Waals surface area contributed by atoms with Gasteiger partial charge in [-0.2, -0.15) is 0 Å². The number of benzene rings is 2. The van der Waals surface area contributed by atoms with E-state index in [-0.39, 0.29) is 18.2 Å². The number of nitrogens with one attached hydrogen (secondary N) is 2. The van der Waals surface area contributed by atoms with E-state index >= 15 is 0 Å². The molecule has 0 fully saturated rings. The van der Waals surface area contributed by atoms with Gasteiger partial charge in [-0.25, -0.2) is 13.1 Å². The van der Waals surface area contributed by atoms with Crippen LogP contribution >= 0.6 is 12.4 Å². The summed E-state index contributed by atoms with van der Waals surface area (Å²) in [5, 5.41) is 3.50. The Hall–Kier alpha value is -1.40. The molecule has 0 aromatic heterocycles. The molecule has 0 saturated heterocycles. The molecular weight excluding hydrogens is 392 g/mol. The number of aryl methyl sites for hydroxylation is 1. The van der Waals surface area contributed by atoms with E-state index in [0.29, 0.717) is 24.9 Å². The molecule has 0 saturated carbocycles. The number of halogens is 1. The van der Waals surface area contributed by atoms with Crippen molar-refractivity contribution in [1.82, 2.24) is 10.0 Å². The largest absolute Gasteiger partial charge is 0.316 e. The maximum absolute atomic E-state index is 12.0. The van der Waals surface area contributed by atoms with Crippen LogP contribution in [0.4, 0.5) is 0 Å². The molecular formula is C22H31ClN2O2S. The highest BCUT2D eigenvalue weighted by atomic mass is 35.5. The SMILES string of the molecule is CCCS(=O)(=O)NCc1ccc2c(c1)[C@H](Cc1ccccc1)[C@@H](NC)CC2.Cl. The molecule has 0 radical (unpaired) electrons. The van der Waals surface area contributed by atoms with Crippen LogP contribution in [0.15, 0.2) is 48.5 Å². The van der Waals surface area contributed by atoms with Crippen molar-refractivity contribution >= 4 is 22.4 Å². The summed E-state index contributed by atoms with van der Waals surface area (Å²) in [6, 6.07) is 17.5. The fraction of sp³-hybridized carbons (Fsp3) is 0.455. The number of hydrogen-bond acceptors (Lipinski definition) is 3. The molecule has 2 aromatic carbocycles. The van der Waals surface area contributed by atoms with Crippen LogP contribution in [-0.4, -0.2) is 27.3 Å². The van der Waals surface area contributed by atoms with Gasteiger partial charge in [-0.1, -0.05) is 55.5 Å². The van der Waals surface area contributed by atoms with Gasteiger partial charge in [0.25, 0.3) is 0 Å². The summed E-state index contributed by atoms with van der Waals surface area (Å²) >= 11 is 0. The first-order valence-corrected chi connectivity index (χ1v) is 11.5. The molecule has 2 N–H and O–H groups in total. The molecule has 0 spiro atoms. The Bertz CT molecular complexity index is 856. The van der Waals surface area contributed by atoms with Crippen LogP contribution in [0, 0.1) is 0 Å². The van der Waals surface area contributed by atoms with E-state index in [9.17, 15) is 8.42 Å². The van der Waals surface area contributed by atoms with Crippen molar-refractivity contribution < 1.29 is 8.42 Å². The number of hydrogen-bond donors (Lipinski definition) is 2. The Labute approximate surface area is 175 Å². The minimum absolute atomic E-state index is 0. The van der Waals surface area contributed by atoms with Gasteiger partial charge < -0.3 is 5.32 Å². The maximum atomic E-state index is 12.0. The lowest BCUT2D eigenvalue weighted by atomic mass is 9.75. The lowest BCUT2D eigenvalue weighted by molar-refractivity contribution is 0.409. The standard InChI is InChI=1S/C22H30N2O2S.ClH/c1-3-13-27(25,26)24-16-18-9-10-19-11-12-22(23-2)21(20(19)15-18)14-17-7-5-4-6-8-17;/h4-10,15,21-24H,3,11-14,16H2,1-2H3;1H/t21-,22-;/m0./s1. The third kappa shape index (κ3) is 5.80. The molecule has 1 aliphatic rings. The number of fused-ring (bicyclic) bond motifs is 1. The molecule has 28 heavy (non-hydrogen) atoms. The monoisotopic (exact) mass is 422 g/mol. The summed E-state index contributed by atoms with van der Waals surface area (Å²) in [7, 11) is -1.15. The average Bonchev–Trinajstić information content (AvgIpc) is 2.67. The number of sulfonamides is 1. The zero-order valence-electron chi connectivity index (χ0n) is 16.6. The highest BCUT2D eigenvalue weighted by Crippen LogP contribution is 2.35. The molecule has 4 nitrogen and oxygen atoms in total. The third-order valence-electron chi connectivity index (χ3n) is 5.46. The van der Waals surface area contributed by atoms with Crippen LogP contribution in [0.25, 0.3) is 0 Å². The molecule has 0 heterocycles. The molecule has 0 unspecified atom stereocenters. The van der Waals surface area contributed by atoms with Crippen LogP contribution in [0.1, 0.15) is 47.9 Å². The predicted molar refractivity (Wildman–Crippen MR) is 119 cm³/mol. The highest BCUT2D eigenvalue weighted by Gasteiger charge is 2.29. The first kappa shape index (κ1) is 22.9. The minimum Gasteiger partial charge on any atom is -0.316 e. The maximum Gasteiger partial charge on any atom is 0.211 e. The molecule has 6 heteroatoms. The van der Waals surface area contributed by atoms with Crippen LogP contribution in [0.2, 0.25) is 0 Å². The van der Waals surface area contributed by atoms with Crippen molar-refractivity contribution in [2.45, 2.75) is 51.1 Å². The van der Waals surface area contributed by atoms with Gasteiger partial charge in [0.15, 0.2) is 0 Å². The summed E-state index contributed by atoms with van der Waals surface area (Å²) in [5.74, 6) is 0.574. The Morgan fingerprint density at radius 3 is 2.50 bits per heavy atom. The van der Waals surface area contributed by atoms with E-state index < -0.39 is 10.0 Å². The fourth-order valence-electron chi connectivity index (χ4n) is 4.06. The summed E-state index contributed by atoms with van der Waals surface area (Å²) in [6.45, 7) is 2.24. The van der Waals surface area contributed by atoms with Gasteiger partial charge in [-0.3, -0.25) is 0 Å². The molecule has 1 aliphatic carbocycles. The van der Waals surface area contributed by atoms with Gasteiger partial charge >= 0.3 is 0 Å². The zero-order valence-corrected chi connectivity index (χ0v) is 18.3. The predicted octanol–water partition coefficient (Wildman–Crippen LogP) is 3.80. The van der Waals surface area contributed by atoms with Crippen molar-refractivity contribution in [3.63, 3.8) is 0 Å². The molecule has 154 valence electrons. The highest BCUT2D eigenvalue weighted by molar-refractivity contribution is 7.89. The van der Waals surface area contributed by atoms with E-state index in [1.807, 2.05) is 20.0 Å². The van der Waals surface area contributed by atoms with Crippen LogP contribution in [0.5, 0.6) is 0 Å². The average molecular weight is 423 g/mol. The van der Waals surface area contributed by atoms with Gasteiger partial charge in [0.1, 0.15) is 0 Å². The van der Waals surface area contributed by atoms with Gasteiger partial charge in [0, 0.05) is 18.5 Å². The zero-order chi connectivity index (χ0) is 19.3. The third-order valence-corrected chi connectivity index (χ3v) is 6.99. The quantitative estimate of drug-likeness (QED) is 0.680. The first-order chi connectivity index (χ1) is 13.0. The van der Waals surface area contributed by atoms with E-state index in [4.69, 9.17) is 0 Å².